The van der Waals surface area contributed by atoms with Gasteiger partial charge in [-0.05, 0) is 89.1 Å². The number of hydrogen-bond donors (Lipinski definition) is 0. The fourth-order valence-electron chi connectivity index (χ4n) is 5.71. The Morgan fingerprint density at radius 3 is 2.45 bits per heavy atom. The minimum absolute atomic E-state index is 0.289. The molecule has 218 valence electrons. The highest BCUT2D eigenvalue weighted by molar-refractivity contribution is 5.82. The second-order valence-electron chi connectivity index (χ2n) is 12.0. The summed E-state index contributed by atoms with van der Waals surface area (Å²) < 4.78 is 26.8. The van der Waals surface area contributed by atoms with Crippen LogP contribution in [0.4, 0.5) is 9.18 Å². The van der Waals surface area contributed by atoms with Crippen molar-refractivity contribution in [3.05, 3.63) is 87.6 Å². The van der Waals surface area contributed by atoms with Crippen LogP contribution in [0.25, 0.3) is 28.1 Å². The van der Waals surface area contributed by atoms with E-state index >= 15 is 0 Å². The summed E-state index contributed by atoms with van der Waals surface area (Å²) in [6.07, 6.45) is 3.46. The molecule has 42 heavy (non-hydrogen) atoms. The molecule has 3 aromatic heterocycles. The number of rotatable bonds is 3. The predicted molar refractivity (Wildman–Crippen MR) is 157 cm³/mol. The average Bonchev–Trinajstić information content (AvgIpc) is 3.60. The van der Waals surface area contributed by atoms with E-state index in [0.29, 0.717) is 46.8 Å². The van der Waals surface area contributed by atoms with E-state index in [2.05, 4.69) is 5.10 Å². The molecule has 0 fully saturated rings. The van der Waals surface area contributed by atoms with Crippen molar-refractivity contribution < 1.29 is 13.9 Å². The quantitative estimate of drug-likeness (QED) is 0.293. The molecule has 0 spiro atoms. The second-order valence-corrected chi connectivity index (χ2v) is 12.0. The summed E-state index contributed by atoms with van der Waals surface area (Å²) in [6, 6.07) is 10.7. The van der Waals surface area contributed by atoms with Gasteiger partial charge in [0.15, 0.2) is 5.82 Å². The van der Waals surface area contributed by atoms with Gasteiger partial charge in [-0.15, -0.1) is 0 Å². The van der Waals surface area contributed by atoms with Crippen molar-refractivity contribution in [2.24, 2.45) is 7.05 Å². The molecule has 0 saturated carbocycles. The molecule has 1 aliphatic rings. The minimum Gasteiger partial charge on any atom is -0.444 e. The van der Waals surface area contributed by atoms with E-state index < -0.39 is 23.4 Å². The Morgan fingerprint density at radius 1 is 1.05 bits per heavy atom. The highest BCUT2D eigenvalue weighted by atomic mass is 19.1. The number of carbonyl (C=O) groups is 1. The van der Waals surface area contributed by atoms with Gasteiger partial charge in [0.25, 0.3) is 0 Å². The fourth-order valence-corrected chi connectivity index (χ4v) is 5.71. The molecule has 0 saturated heterocycles. The van der Waals surface area contributed by atoms with Gasteiger partial charge in [0.1, 0.15) is 17.7 Å². The lowest BCUT2D eigenvalue weighted by Gasteiger charge is -2.34. The Morgan fingerprint density at radius 2 is 1.76 bits per heavy atom. The molecule has 10 nitrogen and oxygen atoms in total. The number of hydrogen-bond acceptors (Lipinski definition) is 5. The van der Waals surface area contributed by atoms with Crippen molar-refractivity contribution in [1.82, 2.24) is 33.6 Å². The molecule has 0 bridgehead atoms. The standard InChI is InChI=1S/C31H34FN7O3/c1-18-14-23(15-19(2)27(18)32)38-28(26-20(3)36(13-11-24(26)34-38)30(41)42-31(4,5)6)37-17-33-39(29(37)40)22-8-9-25-21(16-22)10-12-35(25)7/h8-10,12,14-17,20H,11,13H2,1-7H3/t20-/m0/s1. The maximum Gasteiger partial charge on any atom is 0.410 e. The van der Waals surface area contributed by atoms with Crippen molar-refractivity contribution in [1.29, 1.82) is 0 Å². The van der Waals surface area contributed by atoms with Crippen molar-refractivity contribution in [3.8, 4) is 17.2 Å². The molecule has 1 aliphatic heterocycles. The molecule has 1 amide bonds. The van der Waals surface area contributed by atoms with E-state index in [4.69, 9.17) is 9.84 Å². The van der Waals surface area contributed by atoms with Gasteiger partial charge in [-0.25, -0.2) is 23.2 Å². The van der Waals surface area contributed by atoms with Crippen LogP contribution in [0, 0.1) is 19.7 Å². The number of ether oxygens (including phenoxy) is 1. The van der Waals surface area contributed by atoms with E-state index in [0.717, 1.165) is 16.6 Å². The van der Waals surface area contributed by atoms with Gasteiger partial charge in [0, 0.05) is 42.7 Å². The van der Waals surface area contributed by atoms with Crippen LogP contribution in [-0.2, 0) is 18.2 Å². The third kappa shape index (κ3) is 4.49. The number of nitrogens with zero attached hydrogens (tertiary/aromatic N) is 7. The lowest BCUT2D eigenvalue weighted by molar-refractivity contribution is 0.0159. The Balaban J connectivity index is 1.54. The van der Waals surface area contributed by atoms with Crippen LogP contribution in [0.5, 0.6) is 0 Å². The highest BCUT2D eigenvalue weighted by Gasteiger charge is 2.37. The highest BCUT2D eigenvalue weighted by Crippen LogP contribution is 2.36. The number of aryl methyl sites for hydroxylation is 3. The minimum atomic E-state index is -0.662. The summed E-state index contributed by atoms with van der Waals surface area (Å²) in [5, 5.41) is 10.4. The zero-order valence-corrected chi connectivity index (χ0v) is 24.8. The van der Waals surface area contributed by atoms with E-state index in [1.165, 1.54) is 15.6 Å². The van der Waals surface area contributed by atoms with Crippen molar-refractivity contribution in [3.63, 3.8) is 0 Å². The molecule has 2 aromatic carbocycles. The normalized spacial score (nSPS) is 15.3. The van der Waals surface area contributed by atoms with Gasteiger partial charge in [0.2, 0.25) is 0 Å². The van der Waals surface area contributed by atoms with E-state index in [1.54, 1.807) is 35.6 Å². The third-order valence-electron chi connectivity index (χ3n) is 7.75. The van der Waals surface area contributed by atoms with Gasteiger partial charge < -0.3 is 14.2 Å². The van der Waals surface area contributed by atoms with Crippen LogP contribution in [0.1, 0.15) is 56.1 Å². The summed E-state index contributed by atoms with van der Waals surface area (Å²) in [5.74, 6) is 0.163. The van der Waals surface area contributed by atoms with Gasteiger partial charge in [-0.1, -0.05) is 0 Å². The number of benzene rings is 2. The number of amides is 1. The first kappa shape index (κ1) is 27.5. The maximum atomic E-state index is 14.6. The largest absolute Gasteiger partial charge is 0.444 e. The summed E-state index contributed by atoms with van der Waals surface area (Å²) in [4.78, 5) is 28.9. The Labute approximate surface area is 242 Å². The van der Waals surface area contributed by atoms with Crippen LogP contribution in [-0.4, -0.2) is 51.8 Å². The molecule has 0 unspecified atom stereocenters. The van der Waals surface area contributed by atoms with Crippen molar-refractivity contribution in [2.75, 3.05) is 6.54 Å². The SMILES string of the molecule is Cc1cc(-n2nc3c(c2-n2cnn(-c4ccc5c(ccn5C)c4)c2=O)[C@H](C)N(C(=O)OC(C)(C)C)CC3)cc(C)c1F. The van der Waals surface area contributed by atoms with Crippen LogP contribution < -0.4 is 5.69 Å². The van der Waals surface area contributed by atoms with Gasteiger partial charge in [0.05, 0.1) is 23.1 Å². The molecule has 11 heteroatoms. The van der Waals surface area contributed by atoms with Crippen molar-refractivity contribution in [2.45, 2.75) is 59.6 Å². The molecule has 1 atom stereocenters. The zero-order valence-electron chi connectivity index (χ0n) is 24.8. The third-order valence-corrected chi connectivity index (χ3v) is 7.75. The summed E-state index contributed by atoms with van der Waals surface area (Å²) in [7, 11) is 1.97. The van der Waals surface area contributed by atoms with Crippen LogP contribution in [0.15, 0.2) is 53.7 Å². The molecule has 5 aromatic rings. The Kier molecular flexibility index (Phi) is 6.36. The Bertz CT molecular complexity index is 1900. The zero-order chi connectivity index (χ0) is 30.1. The number of fused-ring (bicyclic) bond motifs is 2. The average molecular weight is 572 g/mol. The molecule has 0 aliphatic carbocycles. The first-order valence-corrected chi connectivity index (χ1v) is 13.9. The summed E-state index contributed by atoms with van der Waals surface area (Å²) >= 11 is 0. The molecular weight excluding hydrogens is 537 g/mol. The maximum absolute atomic E-state index is 14.6. The number of carbonyl (C=O) groups excluding carboxylic acids is 1. The summed E-state index contributed by atoms with van der Waals surface area (Å²) in [5.41, 5.74) is 3.60. The van der Waals surface area contributed by atoms with E-state index in [-0.39, 0.29) is 5.82 Å². The topological polar surface area (TPSA) is 92.1 Å². The smallest absolute Gasteiger partial charge is 0.410 e. The predicted octanol–water partition coefficient (Wildman–Crippen LogP) is 5.31. The van der Waals surface area contributed by atoms with Crippen molar-refractivity contribution >= 4 is 17.0 Å². The van der Waals surface area contributed by atoms with Gasteiger partial charge in [-0.2, -0.15) is 14.9 Å². The van der Waals surface area contributed by atoms with Crippen LogP contribution in [0.3, 0.4) is 0 Å². The fraction of sp³-hybridized carbons (Fsp3) is 0.355. The molecular formula is C31H34FN7O3. The van der Waals surface area contributed by atoms with E-state index in [1.807, 2.05) is 69.8 Å². The van der Waals surface area contributed by atoms with Crippen LogP contribution >= 0.6 is 0 Å². The van der Waals surface area contributed by atoms with Gasteiger partial charge in [-0.3, -0.25) is 0 Å². The number of aromatic nitrogens is 6. The lowest BCUT2D eigenvalue weighted by atomic mass is 10.00. The second kappa shape index (κ2) is 9.71. The Hall–Kier alpha value is -4.67. The molecule has 0 N–H and O–H groups in total. The lowest BCUT2D eigenvalue weighted by Crippen LogP contribution is -2.42. The molecule has 6 rings (SSSR count). The molecule has 4 heterocycles. The number of halogens is 1. The van der Waals surface area contributed by atoms with Gasteiger partial charge >= 0.3 is 11.8 Å². The first-order valence-electron chi connectivity index (χ1n) is 13.9. The van der Waals surface area contributed by atoms with Crippen LogP contribution in [0.2, 0.25) is 0 Å². The summed E-state index contributed by atoms with van der Waals surface area (Å²) in [6.45, 7) is 11.2. The monoisotopic (exact) mass is 571 g/mol. The first-order chi connectivity index (χ1) is 19.8. The molecule has 0 radical (unpaired) electrons. The van der Waals surface area contributed by atoms with E-state index in [9.17, 15) is 14.0 Å².